The van der Waals surface area contributed by atoms with E-state index in [1.165, 1.54) is 23.1 Å². The van der Waals surface area contributed by atoms with E-state index in [2.05, 4.69) is 17.9 Å². The van der Waals surface area contributed by atoms with E-state index in [1.807, 2.05) is 13.0 Å². The molecule has 2 aromatic carbocycles. The fraction of sp³-hybridized carbons (Fsp3) is 0.280. The Kier molecular flexibility index (Phi) is 8.57. The summed E-state index contributed by atoms with van der Waals surface area (Å²) >= 11 is 1.01. The quantitative estimate of drug-likeness (QED) is 0.258. The molecule has 0 aromatic heterocycles. The molecule has 180 valence electrons. The number of methoxy groups -OCH3 is 1. The van der Waals surface area contributed by atoms with Gasteiger partial charge in [-0.3, -0.25) is 9.69 Å². The SMILES string of the molecule is C=CCN1C(=O)C(=Cc2ccc(OC)c(OCCCC)c2)SC1=NS(=O)(=O)c1ccc(C)cc1. The minimum absolute atomic E-state index is 0.0682. The van der Waals surface area contributed by atoms with Crippen LogP contribution in [0.15, 0.2) is 69.3 Å². The first-order chi connectivity index (χ1) is 16.3. The fourth-order valence-corrected chi connectivity index (χ4v) is 5.30. The summed E-state index contributed by atoms with van der Waals surface area (Å²) in [5, 5.41) is 0.0876. The molecule has 0 N–H and O–H groups in total. The number of amidine groups is 1. The van der Waals surface area contributed by atoms with Gasteiger partial charge < -0.3 is 9.47 Å². The fourth-order valence-electron chi connectivity index (χ4n) is 3.11. The zero-order chi connectivity index (χ0) is 24.7. The molecule has 1 heterocycles. The number of rotatable bonds is 10. The van der Waals surface area contributed by atoms with Crippen LogP contribution in [0.3, 0.4) is 0 Å². The number of ether oxygens (including phenoxy) is 2. The van der Waals surface area contributed by atoms with Crippen molar-refractivity contribution in [3.63, 3.8) is 0 Å². The standard InChI is InChI=1S/C25H28N2O5S2/c1-5-7-15-32-22-16-19(10-13-21(22)31-4)17-23-24(28)27(14-6-2)25(33-23)26-34(29,30)20-11-8-18(3)9-12-20/h6,8-13,16-17H,2,5,7,14-15H2,1,3-4H3. The molecular formula is C25H28N2O5S2. The Morgan fingerprint density at radius 3 is 2.53 bits per heavy atom. The molecule has 0 unspecified atom stereocenters. The number of hydrogen-bond donors (Lipinski definition) is 0. The van der Waals surface area contributed by atoms with Gasteiger partial charge in [-0.15, -0.1) is 11.0 Å². The van der Waals surface area contributed by atoms with Gasteiger partial charge in [-0.2, -0.15) is 8.42 Å². The molecule has 0 radical (unpaired) electrons. The summed E-state index contributed by atoms with van der Waals surface area (Å²) < 4.78 is 40.9. The number of thioether (sulfide) groups is 1. The highest BCUT2D eigenvalue weighted by Gasteiger charge is 2.34. The average Bonchev–Trinajstić information content (AvgIpc) is 3.08. The van der Waals surface area contributed by atoms with Gasteiger partial charge in [-0.25, -0.2) is 0 Å². The van der Waals surface area contributed by atoms with E-state index < -0.39 is 10.0 Å². The molecule has 0 aliphatic carbocycles. The van der Waals surface area contributed by atoms with Crippen molar-refractivity contribution in [1.29, 1.82) is 0 Å². The largest absolute Gasteiger partial charge is 0.493 e. The summed E-state index contributed by atoms with van der Waals surface area (Å²) in [6.07, 6.45) is 5.14. The molecule has 0 spiro atoms. The first-order valence-corrected chi connectivity index (χ1v) is 13.1. The number of carbonyl (C=O) groups is 1. The Morgan fingerprint density at radius 2 is 1.88 bits per heavy atom. The normalized spacial score (nSPS) is 16.3. The number of aryl methyl sites for hydroxylation is 1. The summed E-state index contributed by atoms with van der Waals surface area (Å²) in [7, 11) is -2.41. The van der Waals surface area contributed by atoms with E-state index in [0.717, 1.165) is 35.7 Å². The van der Waals surface area contributed by atoms with Crippen molar-refractivity contribution in [3.8, 4) is 11.5 Å². The summed E-state index contributed by atoms with van der Waals surface area (Å²) in [6, 6.07) is 11.8. The van der Waals surface area contributed by atoms with Crippen LogP contribution < -0.4 is 9.47 Å². The topological polar surface area (TPSA) is 85.3 Å². The number of sulfonamides is 1. The number of hydrogen-bond acceptors (Lipinski definition) is 6. The Labute approximate surface area is 205 Å². The molecule has 0 bridgehead atoms. The van der Waals surface area contributed by atoms with Gasteiger partial charge in [0, 0.05) is 6.54 Å². The van der Waals surface area contributed by atoms with Gasteiger partial charge >= 0.3 is 0 Å². The van der Waals surface area contributed by atoms with E-state index in [9.17, 15) is 13.2 Å². The number of benzene rings is 2. The van der Waals surface area contributed by atoms with Crippen LogP contribution in [0.25, 0.3) is 6.08 Å². The van der Waals surface area contributed by atoms with Crippen molar-refractivity contribution >= 4 is 38.9 Å². The highest BCUT2D eigenvalue weighted by atomic mass is 32.2. The molecule has 0 atom stereocenters. The van der Waals surface area contributed by atoms with Crippen LogP contribution in [0.4, 0.5) is 0 Å². The average molecular weight is 501 g/mol. The third-order valence-electron chi connectivity index (χ3n) is 4.96. The number of nitrogens with zero attached hydrogens (tertiary/aromatic N) is 2. The molecule has 1 amide bonds. The first kappa shape index (κ1) is 25.6. The Morgan fingerprint density at radius 1 is 1.15 bits per heavy atom. The van der Waals surface area contributed by atoms with E-state index in [1.54, 1.807) is 37.5 Å². The zero-order valence-corrected chi connectivity index (χ0v) is 21.1. The maximum Gasteiger partial charge on any atom is 0.284 e. The molecule has 1 saturated heterocycles. The Balaban J connectivity index is 1.94. The molecule has 1 aliphatic rings. The van der Waals surface area contributed by atoms with Gasteiger partial charge in [0.05, 0.1) is 23.5 Å². The highest BCUT2D eigenvalue weighted by Crippen LogP contribution is 2.35. The summed E-state index contributed by atoms with van der Waals surface area (Å²) in [5.41, 5.74) is 1.66. The molecule has 34 heavy (non-hydrogen) atoms. The summed E-state index contributed by atoms with van der Waals surface area (Å²) in [5.74, 6) is 0.843. The third kappa shape index (κ3) is 6.09. The van der Waals surface area contributed by atoms with Gasteiger partial charge in [-0.05, 0) is 61.0 Å². The van der Waals surface area contributed by atoms with Gasteiger partial charge in [0.1, 0.15) is 0 Å². The van der Waals surface area contributed by atoms with Crippen molar-refractivity contribution in [2.24, 2.45) is 4.40 Å². The highest BCUT2D eigenvalue weighted by molar-refractivity contribution is 8.19. The first-order valence-electron chi connectivity index (χ1n) is 10.8. The molecule has 9 heteroatoms. The van der Waals surface area contributed by atoms with Crippen LogP contribution in [-0.2, 0) is 14.8 Å². The van der Waals surface area contributed by atoms with Crippen LogP contribution >= 0.6 is 11.8 Å². The lowest BCUT2D eigenvalue weighted by atomic mass is 10.2. The van der Waals surface area contributed by atoms with Crippen LogP contribution in [0, 0.1) is 6.92 Å². The monoisotopic (exact) mass is 500 g/mol. The Bertz CT molecular complexity index is 1220. The molecule has 7 nitrogen and oxygen atoms in total. The zero-order valence-electron chi connectivity index (χ0n) is 19.5. The lowest BCUT2D eigenvalue weighted by Gasteiger charge is -2.12. The van der Waals surface area contributed by atoms with Crippen molar-refractivity contribution < 1.29 is 22.7 Å². The van der Waals surface area contributed by atoms with Crippen LogP contribution in [0.1, 0.15) is 30.9 Å². The third-order valence-corrected chi connectivity index (χ3v) is 7.36. The van der Waals surface area contributed by atoms with Gasteiger partial charge in [-0.1, -0.05) is 43.2 Å². The van der Waals surface area contributed by atoms with Crippen molar-refractivity contribution in [3.05, 3.63) is 71.2 Å². The summed E-state index contributed by atoms with van der Waals surface area (Å²) in [4.78, 5) is 14.8. The molecule has 3 rings (SSSR count). The van der Waals surface area contributed by atoms with Gasteiger partial charge in [0.15, 0.2) is 16.7 Å². The second-order valence-electron chi connectivity index (χ2n) is 7.59. The van der Waals surface area contributed by atoms with Crippen LogP contribution in [0.2, 0.25) is 0 Å². The Hall–Kier alpha value is -3.04. The molecule has 1 aliphatic heterocycles. The maximum absolute atomic E-state index is 13.1. The van der Waals surface area contributed by atoms with E-state index in [0.29, 0.717) is 23.0 Å². The van der Waals surface area contributed by atoms with Crippen LogP contribution in [0.5, 0.6) is 11.5 Å². The number of unbranched alkanes of at least 4 members (excludes halogenated alkanes) is 1. The van der Waals surface area contributed by atoms with Crippen molar-refractivity contribution in [1.82, 2.24) is 4.90 Å². The molecule has 2 aromatic rings. The number of carbonyl (C=O) groups excluding carboxylic acids is 1. The lowest BCUT2D eigenvalue weighted by molar-refractivity contribution is -0.121. The predicted octanol–water partition coefficient (Wildman–Crippen LogP) is 5.03. The summed E-state index contributed by atoms with van der Waals surface area (Å²) in [6.45, 7) is 8.32. The van der Waals surface area contributed by atoms with E-state index in [-0.39, 0.29) is 22.5 Å². The molecule has 1 fully saturated rings. The van der Waals surface area contributed by atoms with Crippen molar-refractivity contribution in [2.45, 2.75) is 31.6 Å². The van der Waals surface area contributed by atoms with Crippen LogP contribution in [-0.4, -0.2) is 44.7 Å². The second kappa shape index (κ2) is 11.4. The predicted molar refractivity (Wildman–Crippen MR) is 137 cm³/mol. The molecular weight excluding hydrogens is 472 g/mol. The van der Waals surface area contributed by atoms with E-state index >= 15 is 0 Å². The van der Waals surface area contributed by atoms with Crippen molar-refractivity contribution in [2.75, 3.05) is 20.3 Å². The minimum Gasteiger partial charge on any atom is -0.493 e. The smallest absolute Gasteiger partial charge is 0.284 e. The van der Waals surface area contributed by atoms with Gasteiger partial charge in [0.25, 0.3) is 15.9 Å². The van der Waals surface area contributed by atoms with E-state index in [4.69, 9.17) is 9.47 Å². The minimum atomic E-state index is -3.98. The second-order valence-corrected chi connectivity index (χ2v) is 10.2. The maximum atomic E-state index is 13.1. The number of amides is 1. The lowest BCUT2D eigenvalue weighted by Crippen LogP contribution is -2.29. The van der Waals surface area contributed by atoms with Gasteiger partial charge in [0.2, 0.25) is 0 Å². The molecule has 0 saturated carbocycles.